The Morgan fingerprint density at radius 1 is 1.11 bits per heavy atom. The Balaban J connectivity index is 1.74. The van der Waals surface area contributed by atoms with Crippen LogP contribution in [-0.4, -0.2) is 73.3 Å². The van der Waals surface area contributed by atoms with Gasteiger partial charge in [0.25, 0.3) is 0 Å². The van der Waals surface area contributed by atoms with Crippen molar-refractivity contribution in [2.75, 3.05) is 57.1 Å². The third-order valence-electron chi connectivity index (χ3n) is 6.67. The van der Waals surface area contributed by atoms with Gasteiger partial charge < -0.3 is 25.5 Å². The van der Waals surface area contributed by atoms with Gasteiger partial charge in [0.15, 0.2) is 5.82 Å². The first-order valence-electron chi connectivity index (χ1n) is 11.5. The highest BCUT2D eigenvalue weighted by Crippen LogP contribution is 2.42. The van der Waals surface area contributed by atoms with Crippen LogP contribution in [0.15, 0.2) is 42.5 Å². The van der Waals surface area contributed by atoms with Crippen molar-refractivity contribution in [3.8, 4) is 16.9 Å². The molecule has 4 aromatic rings. The van der Waals surface area contributed by atoms with Gasteiger partial charge in [0.2, 0.25) is 5.95 Å². The first-order valence-corrected chi connectivity index (χ1v) is 11.9. The van der Waals surface area contributed by atoms with Gasteiger partial charge in [-0.1, -0.05) is 35.9 Å². The number of hydrogen-bond acceptors (Lipinski definition) is 7. The van der Waals surface area contributed by atoms with Crippen LogP contribution >= 0.6 is 11.6 Å². The van der Waals surface area contributed by atoms with E-state index in [0.29, 0.717) is 41.8 Å². The number of aromatic nitrogens is 2. The number of anilines is 2. The number of nitrogens with zero attached hydrogens (tertiary/aromatic N) is 5. The molecule has 0 spiro atoms. The second kappa shape index (κ2) is 9.11. The summed E-state index contributed by atoms with van der Waals surface area (Å²) in [5.74, 6) is 0.551. The molecule has 1 aromatic heterocycles. The van der Waals surface area contributed by atoms with Crippen LogP contribution in [0, 0.1) is 5.82 Å². The summed E-state index contributed by atoms with van der Waals surface area (Å²) < 4.78 is 16.3. The van der Waals surface area contributed by atoms with Crippen LogP contribution < -0.4 is 15.5 Å². The summed E-state index contributed by atoms with van der Waals surface area (Å²) in [5.41, 5.74) is 6.71. The summed E-state index contributed by atoms with van der Waals surface area (Å²) in [6.45, 7) is 2.49. The van der Waals surface area contributed by atoms with Crippen LogP contribution in [0.3, 0.4) is 0 Å². The molecule has 0 unspecified atom stereocenters. The molecule has 0 amide bonds. The highest BCUT2D eigenvalue weighted by molar-refractivity contribution is 6.35. The van der Waals surface area contributed by atoms with Crippen molar-refractivity contribution >= 4 is 45.0 Å². The SMILES string of the molecule is CN(CCN)c1nc(N2CC(N(C)C)C2)nc2c(F)c(-c3cc(O)cc4ccccc34)c(Cl)cc12. The summed E-state index contributed by atoms with van der Waals surface area (Å²) in [6, 6.07) is 12.8. The number of rotatable bonds is 6. The molecule has 0 aliphatic carbocycles. The average Bonchev–Trinajstić information content (AvgIpc) is 2.78. The summed E-state index contributed by atoms with van der Waals surface area (Å²) in [5, 5.41) is 12.7. The van der Waals surface area contributed by atoms with Gasteiger partial charge in [0.05, 0.1) is 5.02 Å². The molecule has 0 saturated carbocycles. The monoisotopic (exact) mass is 494 g/mol. The third kappa shape index (κ3) is 4.11. The number of halogens is 2. The van der Waals surface area contributed by atoms with E-state index in [-0.39, 0.29) is 21.9 Å². The van der Waals surface area contributed by atoms with Gasteiger partial charge in [-0.15, -0.1) is 0 Å². The van der Waals surface area contributed by atoms with Crippen molar-refractivity contribution in [1.82, 2.24) is 14.9 Å². The molecular weight excluding hydrogens is 467 g/mol. The van der Waals surface area contributed by atoms with Crippen molar-refractivity contribution in [3.05, 3.63) is 53.3 Å². The van der Waals surface area contributed by atoms with Crippen molar-refractivity contribution in [2.24, 2.45) is 5.73 Å². The molecule has 0 bridgehead atoms. The number of aromatic hydroxyl groups is 1. The summed E-state index contributed by atoms with van der Waals surface area (Å²) >= 11 is 6.71. The number of phenols is 1. The topological polar surface area (TPSA) is 81.8 Å². The fourth-order valence-electron chi connectivity index (χ4n) is 4.59. The third-order valence-corrected chi connectivity index (χ3v) is 6.97. The highest BCUT2D eigenvalue weighted by Gasteiger charge is 2.32. The van der Waals surface area contributed by atoms with Gasteiger partial charge in [0, 0.05) is 50.2 Å². The Morgan fingerprint density at radius 2 is 1.86 bits per heavy atom. The molecule has 0 radical (unpaired) electrons. The van der Waals surface area contributed by atoms with E-state index in [1.54, 1.807) is 18.2 Å². The molecule has 1 aliphatic heterocycles. The van der Waals surface area contributed by atoms with E-state index < -0.39 is 5.82 Å². The number of fused-ring (bicyclic) bond motifs is 2. The van der Waals surface area contributed by atoms with Crippen LogP contribution in [-0.2, 0) is 0 Å². The van der Waals surface area contributed by atoms with E-state index in [4.69, 9.17) is 22.3 Å². The van der Waals surface area contributed by atoms with Crippen LogP contribution in [0.5, 0.6) is 5.75 Å². The largest absolute Gasteiger partial charge is 0.508 e. The van der Waals surface area contributed by atoms with Crippen LogP contribution in [0.2, 0.25) is 5.02 Å². The fraction of sp³-hybridized carbons (Fsp3) is 0.308. The van der Waals surface area contributed by atoms with E-state index in [9.17, 15) is 5.11 Å². The smallest absolute Gasteiger partial charge is 0.228 e. The zero-order chi connectivity index (χ0) is 24.9. The van der Waals surface area contributed by atoms with Crippen LogP contribution in [0.4, 0.5) is 16.2 Å². The Hall–Kier alpha value is -3.20. The predicted molar refractivity (Wildman–Crippen MR) is 141 cm³/mol. The lowest BCUT2D eigenvalue weighted by atomic mass is 9.96. The number of benzene rings is 3. The van der Waals surface area contributed by atoms with Crippen molar-refractivity contribution in [3.63, 3.8) is 0 Å². The lowest BCUT2D eigenvalue weighted by molar-refractivity contribution is 0.245. The molecule has 35 heavy (non-hydrogen) atoms. The quantitative estimate of drug-likeness (QED) is 0.417. The number of likely N-dealkylation sites (N-methyl/N-ethyl adjacent to an activating group) is 2. The Morgan fingerprint density at radius 3 is 2.57 bits per heavy atom. The molecule has 1 saturated heterocycles. The van der Waals surface area contributed by atoms with Crippen molar-refractivity contribution in [2.45, 2.75) is 6.04 Å². The lowest BCUT2D eigenvalue weighted by Crippen LogP contribution is -2.58. The van der Waals surface area contributed by atoms with Gasteiger partial charge >= 0.3 is 0 Å². The summed E-state index contributed by atoms with van der Waals surface area (Å²) in [7, 11) is 5.95. The molecule has 1 fully saturated rings. The molecule has 2 heterocycles. The van der Waals surface area contributed by atoms with Gasteiger partial charge in [-0.25, -0.2) is 9.37 Å². The second-order valence-corrected chi connectivity index (χ2v) is 9.65. The molecule has 9 heteroatoms. The van der Waals surface area contributed by atoms with Crippen molar-refractivity contribution in [1.29, 1.82) is 0 Å². The summed E-state index contributed by atoms with van der Waals surface area (Å²) in [4.78, 5) is 15.5. The Bertz CT molecular complexity index is 1420. The highest BCUT2D eigenvalue weighted by atomic mass is 35.5. The molecule has 5 rings (SSSR count). The van der Waals surface area contributed by atoms with E-state index in [2.05, 4.69) is 9.88 Å². The van der Waals surface area contributed by atoms with Gasteiger partial charge in [-0.3, -0.25) is 0 Å². The predicted octanol–water partition coefficient (Wildman–Crippen LogP) is 4.09. The van der Waals surface area contributed by atoms with Gasteiger partial charge in [-0.05, 0) is 48.6 Å². The average molecular weight is 495 g/mol. The number of phenolic OH excluding ortho intramolecular Hbond substituents is 1. The first-order chi connectivity index (χ1) is 16.8. The maximum absolute atomic E-state index is 16.3. The van der Waals surface area contributed by atoms with E-state index >= 15 is 4.39 Å². The van der Waals surface area contributed by atoms with Gasteiger partial charge in [0.1, 0.15) is 17.1 Å². The first kappa shape index (κ1) is 23.5. The number of nitrogens with two attached hydrogens (primary N) is 1. The van der Waals surface area contributed by atoms with E-state index in [0.717, 1.165) is 23.9 Å². The molecule has 7 nitrogen and oxygen atoms in total. The molecule has 0 atom stereocenters. The number of hydrogen-bond donors (Lipinski definition) is 2. The Kier molecular flexibility index (Phi) is 6.13. The van der Waals surface area contributed by atoms with Crippen LogP contribution in [0.25, 0.3) is 32.8 Å². The molecule has 1 aliphatic rings. The second-order valence-electron chi connectivity index (χ2n) is 9.24. The Labute approximate surface area is 208 Å². The minimum absolute atomic E-state index is 0.0383. The zero-order valence-electron chi connectivity index (χ0n) is 20.0. The lowest BCUT2D eigenvalue weighted by Gasteiger charge is -2.43. The van der Waals surface area contributed by atoms with Crippen molar-refractivity contribution < 1.29 is 9.50 Å². The standard InChI is InChI=1S/C26H28ClFN6O/c1-32(2)16-13-34(14-16)26-30-24-20(25(31-26)33(3)9-8-29)12-21(27)22(23(24)28)19-11-17(35)10-15-6-4-5-7-18(15)19/h4-7,10-12,16,35H,8-9,13-14,29H2,1-3H3. The molecular formula is C26H28ClFN6O. The van der Waals surface area contributed by atoms with Gasteiger partial charge in [-0.2, -0.15) is 4.98 Å². The minimum atomic E-state index is -0.543. The maximum Gasteiger partial charge on any atom is 0.228 e. The fourth-order valence-corrected chi connectivity index (χ4v) is 4.89. The normalized spacial score (nSPS) is 14.2. The maximum atomic E-state index is 16.3. The zero-order valence-corrected chi connectivity index (χ0v) is 20.7. The minimum Gasteiger partial charge on any atom is -0.508 e. The molecule has 182 valence electrons. The molecule has 3 aromatic carbocycles. The summed E-state index contributed by atoms with van der Waals surface area (Å²) in [6.07, 6.45) is 0. The molecule has 3 N–H and O–H groups in total. The van der Waals surface area contributed by atoms with Crippen LogP contribution in [0.1, 0.15) is 0 Å². The van der Waals surface area contributed by atoms with E-state index in [1.807, 2.05) is 55.2 Å². The van der Waals surface area contributed by atoms with E-state index in [1.165, 1.54) is 0 Å².